The summed E-state index contributed by atoms with van der Waals surface area (Å²) in [7, 11) is 3.11. The molecule has 1 heterocycles. The van der Waals surface area contributed by atoms with Crippen molar-refractivity contribution in [3.05, 3.63) is 23.8 Å². The van der Waals surface area contributed by atoms with Gasteiger partial charge in [0.15, 0.2) is 0 Å². The van der Waals surface area contributed by atoms with Crippen molar-refractivity contribution in [2.45, 2.75) is 26.3 Å². The summed E-state index contributed by atoms with van der Waals surface area (Å²) < 4.78 is 16.1. The van der Waals surface area contributed by atoms with Gasteiger partial charge in [-0.15, -0.1) is 0 Å². The van der Waals surface area contributed by atoms with Gasteiger partial charge in [0.1, 0.15) is 17.1 Å². The quantitative estimate of drug-likeness (QED) is 0.779. The van der Waals surface area contributed by atoms with Gasteiger partial charge in [-0.3, -0.25) is 9.69 Å². The lowest BCUT2D eigenvalue weighted by atomic mass is 10.0. The minimum absolute atomic E-state index is 0.170. The number of nitrogens with zero attached hydrogens (tertiary/aromatic N) is 1. The Morgan fingerprint density at radius 1 is 1.20 bits per heavy atom. The second-order valence-electron chi connectivity index (χ2n) is 6.68. The Morgan fingerprint density at radius 2 is 1.80 bits per heavy atom. The highest BCUT2D eigenvalue weighted by molar-refractivity contribution is 5.99. The molecule has 140 valence electrons. The average molecular weight is 350 g/mol. The van der Waals surface area contributed by atoms with Crippen molar-refractivity contribution in [2.24, 2.45) is 5.92 Å². The molecule has 6 heteroatoms. The minimum atomic E-state index is -0.170. The van der Waals surface area contributed by atoms with Gasteiger partial charge in [0.05, 0.1) is 27.4 Å². The third-order valence-corrected chi connectivity index (χ3v) is 4.46. The third-order valence-electron chi connectivity index (χ3n) is 4.46. The molecule has 1 aromatic carbocycles. The van der Waals surface area contributed by atoms with E-state index in [2.05, 4.69) is 24.1 Å². The van der Waals surface area contributed by atoms with Crippen molar-refractivity contribution < 1.29 is 19.0 Å². The molecule has 0 bridgehead atoms. The Kier molecular flexibility index (Phi) is 7.52. The van der Waals surface area contributed by atoms with E-state index in [1.807, 2.05) is 6.07 Å². The van der Waals surface area contributed by atoms with Gasteiger partial charge in [-0.25, -0.2) is 0 Å². The molecule has 1 amide bonds. The average Bonchev–Trinajstić information content (AvgIpc) is 2.64. The summed E-state index contributed by atoms with van der Waals surface area (Å²) in [4.78, 5) is 15.2. The minimum Gasteiger partial charge on any atom is -0.496 e. The smallest absolute Gasteiger partial charge is 0.258 e. The normalized spacial score (nSPS) is 16.5. The molecule has 2 rings (SSSR count). The maximum absolute atomic E-state index is 12.8. The molecule has 1 aliphatic rings. The first kappa shape index (κ1) is 19.5. The predicted molar refractivity (Wildman–Crippen MR) is 97.5 cm³/mol. The van der Waals surface area contributed by atoms with Crippen molar-refractivity contribution in [2.75, 3.05) is 47.1 Å². The van der Waals surface area contributed by atoms with E-state index >= 15 is 0 Å². The number of amides is 1. The molecule has 0 saturated carbocycles. The summed E-state index contributed by atoms with van der Waals surface area (Å²) in [5.41, 5.74) is 0.442. The van der Waals surface area contributed by atoms with Crippen LogP contribution in [0.1, 0.15) is 30.6 Å². The molecule has 25 heavy (non-hydrogen) atoms. The van der Waals surface area contributed by atoms with Crippen LogP contribution < -0.4 is 14.8 Å². The molecule has 0 spiro atoms. The largest absolute Gasteiger partial charge is 0.496 e. The summed E-state index contributed by atoms with van der Waals surface area (Å²) in [5.74, 6) is 1.43. The summed E-state index contributed by atoms with van der Waals surface area (Å²) in [6, 6.07) is 5.65. The van der Waals surface area contributed by atoms with Crippen LogP contribution in [0.15, 0.2) is 18.2 Å². The number of benzene rings is 1. The monoisotopic (exact) mass is 350 g/mol. The number of methoxy groups -OCH3 is 2. The highest BCUT2D eigenvalue weighted by Gasteiger charge is 2.24. The van der Waals surface area contributed by atoms with Crippen molar-refractivity contribution in [3.8, 4) is 11.5 Å². The summed E-state index contributed by atoms with van der Waals surface area (Å²) in [5, 5.41) is 3.07. The lowest BCUT2D eigenvalue weighted by molar-refractivity contribution is 0.0124. The van der Waals surface area contributed by atoms with E-state index in [1.165, 1.54) is 0 Å². The number of ether oxygens (including phenoxy) is 3. The van der Waals surface area contributed by atoms with E-state index in [0.717, 1.165) is 32.7 Å². The Hall–Kier alpha value is -1.79. The zero-order valence-corrected chi connectivity index (χ0v) is 15.7. The molecule has 6 nitrogen and oxygen atoms in total. The maximum Gasteiger partial charge on any atom is 0.258 e. The van der Waals surface area contributed by atoms with Gasteiger partial charge < -0.3 is 19.5 Å². The van der Waals surface area contributed by atoms with E-state index < -0.39 is 0 Å². The topological polar surface area (TPSA) is 60.0 Å². The Balaban J connectivity index is 2.07. The van der Waals surface area contributed by atoms with Gasteiger partial charge >= 0.3 is 0 Å². The van der Waals surface area contributed by atoms with Gasteiger partial charge in [0.25, 0.3) is 5.91 Å². The Bertz CT molecular complexity index is 534. The molecule has 0 aromatic heterocycles. The van der Waals surface area contributed by atoms with E-state index in [0.29, 0.717) is 35.6 Å². The van der Waals surface area contributed by atoms with Gasteiger partial charge in [-0.1, -0.05) is 19.9 Å². The molecule has 1 aromatic rings. The van der Waals surface area contributed by atoms with Crippen LogP contribution in [0.4, 0.5) is 0 Å². The SMILES string of the molecule is COc1cccc(OC)c1C(=O)NCC(CC(C)C)N1CCOCC1. The van der Waals surface area contributed by atoms with E-state index in [9.17, 15) is 4.79 Å². The lowest BCUT2D eigenvalue weighted by Crippen LogP contribution is -2.49. The molecule has 1 aliphatic heterocycles. The van der Waals surface area contributed by atoms with Crippen LogP contribution in [0, 0.1) is 5.92 Å². The lowest BCUT2D eigenvalue weighted by Gasteiger charge is -2.35. The third kappa shape index (κ3) is 5.34. The fraction of sp³-hybridized carbons (Fsp3) is 0.632. The Morgan fingerprint density at radius 3 is 2.32 bits per heavy atom. The highest BCUT2D eigenvalue weighted by Crippen LogP contribution is 2.28. The molecule has 1 fully saturated rings. The number of rotatable bonds is 8. The fourth-order valence-corrected chi connectivity index (χ4v) is 3.22. The molecular formula is C19H30N2O4. The van der Waals surface area contributed by atoms with E-state index in [1.54, 1.807) is 26.4 Å². The van der Waals surface area contributed by atoms with Crippen LogP contribution in [0.5, 0.6) is 11.5 Å². The number of carbonyl (C=O) groups is 1. The van der Waals surface area contributed by atoms with Crippen LogP contribution >= 0.6 is 0 Å². The summed E-state index contributed by atoms with van der Waals surface area (Å²) >= 11 is 0. The van der Waals surface area contributed by atoms with E-state index in [4.69, 9.17) is 14.2 Å². The van der Waals surface area contributed by atoms with Crippen LogP contribution in [0.25, 0.3) is 0 Å². The van der Waals surface area contributed by atoms with Crippen LogP contribution in [-0.2, 0) is 4.74 Å². The number of nitrogens with one attached hydrogen (secondary N) is 1. The number of hydrogen-bond donors (Lipinski definition) is 1. The zero-order chi connectivity index (χ0) is 18.2. The molecule has 1 atom stereocenters. The van der Waals surface area contributed by atoms with Crippen LogP contribution in [0.3, 0.4) is 0 Å². The summed E-state index contributed by atoms with van der Waals surface area (Å²) in [6.45, 7) is 8.33. The first-order valence-electron chi connectivity index (χ1n) is 8.87. The maximum atomic E-state index is 12.8. The standard InChI is InChI=1S/C19H30N2O4/c1-14(2)12-15(21-8-10-25-11-9-21)13-20-19(22)18-16(23-3)6-5-7-17(18)24-4/h5-7,14-15H,8-13H2,1-4H3,(H,20,22). The number of carbonyl (C=O) groups excluding carboxylic acids is 1. The van der Waals surface area contributed by atoms with Crippen molar-refractivity contribution in [3.63, 3.8) is 0 Å². The second-order valence-corrected chi connectivity index (χ2v) is 6.68. The van der Waals surface area contributed by atoms with Gasteiger partial charge in [-0.05, 0) is 24.5 Å². The predicted octanol–water partition coefficient (Wildman–Crippen LogP) is 2.18. The molecular weight excluding hydrogens is 320 g/mol. The van der Waals surface area contributed by atoms with Gasteiger partial charge in [0, 0.05) is 25.7 Å². The zero-order valence-electron chi connectivity index (χ0n) is 15.7. The van der Waals surface area contributed by atoms with Crippen molar-refractivity contribution in [1.82, 2.24) is 10.2 Å². The Labute approximate surface area is 150 Å². The molecule has 1 N–H and O–H groups in total. The number of hydrogen-bond acceptors (Lipinski definition) is 5. The molecule has 0 aliphatic carbocycles. The second kappa shape index (κ2) is 9.63. The molecule has 1 unspecified atom stereocenters. The van der Waals surface area contributed by atoms with E-state index in [-0.39, 0.29) is 5.91 Å². The first-order chi connectivity index (χ1) is 12.1. The van der Waals surface area contributed by atoms with Crippen molar-refractivity contribution in [1.29, 1.82) is 0 Å². The number of morpholine rings is 1. The molecule has 1 saturated heterocycles. The van der Waals surface area contributed by atoms with Gasteiger partial charge in [0.2, 0.25) is 0 Å². The first-order valence-corrected chi connectivity index (χ1v) is 8.87. The summed E-state index contributed by atoms with van der Waals surface area (Å²) in [6.07, 6.45) is 1.03. The van der Waals surface area contributed by atoms with Crippen LogP contribution in [-0.4, -0.2) is 63.9 Å². The molecule has 0 radical (unpaired) electrons. The van der Waals surface area contributed by atoms with Crippen LogP contribution in [0.2, 0.25) is 0 Å². The highest BCUT2D eigenvalue weighted by atomic mass is 16.5. The fourth-order valence-electron chi connectivity index (χ4n) is 3.22. The van der Waals surface area contributed by atoms with Gasteiger partial charge in [-0.2, -0.15) is 0 Å². The van der Waals surface area contributed by atoms with Crippen molar-refractivity contribution >= 4 is 5.91 Å².